The average molecular weight is 287 g/mol. The second kappa shape index (κ2) is 4.28. The number of fused-ring (bicyclic) bond motifs is 1. The van der Waals surface area contributed by atoms with Crippen molar-refractivity contribution in [2.24, 2.45) is 0 Å². The zero-order chi connectivity index (χ0) is 14.3. The number of aromatic nitrogens is 6. The summed E-state index contributed by atoms with van der Waals surface area (Å²) < 4.78 is 39.0. The van der Waals surface area contributed by atoms with E-state index in [9.17, 15) is 18.0 Å². The Balaban J connectivity index is 1.83. The van der Waals surface area contributed by atoms with E-state index >= 15 is 0 Å². The number of hydrogen-bond acceptors (Lipinski definition) is 5. The van der Waals surface area contributed by atoms with Crippen LogP contribution in [0, 0.1) is 0 Å². The first kappa shape index (κ1) is 12.6. The molecule has 20 heavy (non-hydrogen) atoms. The molecule has 8 nitrogen and oxygen atoms in total. The molecule has 0 saturated carbocycles. The highest BCUT2D eigenvalue weighted by molar-refractivity contribution is 5.91. The first-order chi connectivity index (χ1) is 9.47. The van der Waals surface area contributed by atoms with Gasteiger partial charge in [0.1, 0.15) is 0 Å². The number of halogens is 3. The molecule has 1 amide bonds. The van der Waals surface area contributed by atoms with Crippen molar-refractivity contribution in [1.29, 1.82) is 0 Å². The highest BCUT2D eigenvalue weighted by Crippen LogP contribution is 2.29. The number of H-pyrrole nitrogens is 1. The first-order valence-corrected chi connectivity index (χ1v) is 5.61. The topological polar surface area (TPSA) is 92.6 Å². The van der Waals surface area contributed by atoms with Gasteiger partial charge in [0.05, 0.1) is 12.7 Å². The SMILES string of the molecule is O=C(c1cn[nH]n1)N1CCn2c(nnc2C(F)(F)F)C1. The van der Waals surface area contributed by atoms with Gasteiger partial charge in [-0.1, -0.05) is 0 Å². The fourth-order valence-corrected chi connectivity index (χ4v) is 2.01. The van der Waals surface area contributed by atoms with Crippen molar-refractivity contribution < 1.29 is 18.0 Å². The van der Waals surface area contributed by atoms with Gasteiger partial charge in [0, 0.05) is 13.1 Å². The monoisotopic (exact) mass is 287 g/mol. The molecule has 2 aromatic rings. The molecular formula is C9H8F3N7O. The molecule has 2 aromatic heterocycles. The minimum Gasteiger partial charge on any atom is -0.328 e. The summed E-state index contributed by atoms with van der Waals surface area (Å²) in [6.45, 7) is 0.0648. The first-order valence-electron chi connectivity index (χ1n) is 5.61. The lowest BCUT2D eigenvalue weighted by molar-refractivity contribution is -0.147. The summed E-state index contributed by atoms with van der Waals surface area (Å²) in [5, 5.41) is 16.1. The maximum Gasteiger partial charge on any atom is 0.451 e. The Morgan fingerprint density at radius 1 is 1.30 bits per heavy atom. The van der Waals surface area contributed by atoms with Crippen molar-refractivity contribution in [2.45, 2.75) is 19.3 Å². The Morgan fingerprint density at radius 3 is 2.75 bits per heavy atom. The zero-order valence-electron chi connectivity index (χ0n) is 9.92. The lowest BCUT2D eigenvalue weighted by Gasteiger charge is -2.27. The van der Waals surface area contributed by atoms with Crippen LogP contribution in [0.5, 0.6) is 0 Å². The lowest BCUT2D eigenvalue weighted by Crippen LogP contribution is -2.39. The van der Waals surface area contributed by atoms with Gasteiger partial charge in [0.15, 0.2) is 11.5 Å². The summed E-state index contributed by atoms with van der Waals surface area (Å²) in [5.41, 5.74) is 0.106. The molecule has 11 heteroatoms. The van der Waals surface area contributed by atoms with E-state index in [4.69, 9.17) is 0 Å². The molecule has 0 unspecified atom stereocenters. The molecule has 3 heterocycles. The standard InChI is InChI=1S/C9H8F3N7O/c10-9(11,12)8-16-15-6-4-18(1-2-19(6)8)7(20)5-3-13-17-14-5/h3H,1-2,4H2,(H,13,14,17). The fraction of sp³-hybridized carbons (Fsp3) is 0.444. The molecule has 0 atom stereocenters. The van der Waals surface area contributed by atoms with Crippen molar-refractivity contribution >= 4 is 5.91 Å². The van der Waals surface area contributed by atoms with Crippen LogP contribution in [0.3, 0.4) is 0 Å². The van der Waals surface area contributed by atoms with Crippen LogP contribution in [0.1, 0.15) is 22.1 Å². The number of carbonyl (C=O) groups excluding carboxylic acids is 1. The molecule has 0 fully saturated rings. The molecule has 0 bridgehead atoms. The van der Waals surface area contributed by atoms with Gasteiger partial charge in [-0.05, 0) is 0 Å². The average Bonchev–Trinajstić information content (AvgIpc) is 3.05. The van der Waals surface area contributed by atoms with Gasteiger partial charge in [0.2, 0.25) is 5.82 Å². The van der Waals surface area contributed by atoms with Gasteiger partial charge >= 0.3 is 6.18 Å². The zero-order valence-corrected chi connectivity index (χ0v) is 9.92. The van der Waals surface area contributed by atoms with E-state index in [1.54, 1.807) is 0 Å². The predicted octanol–water partition coefficient (Wildman–Crippen LogP) is 0.0710. The molecule has 0 aromatic carbocycles. The number of nitrogens with zero attached hydrogens (tertiary/aromatic N) is 6. The summed E-state index contributed by atoms with van der Waals surface area (Å²) in [5.74, 6) is -1.36. The van der Waals surface area contributed by atoms with E-state index in [1.165, 1.54) is 11.1 Å². The van der Waals surface area contributed by atoms with E-state index in [2.05, 4.69) is 25.6 Å². The van der Waals surface area contributed by atoms with Gasteiger partial charge < -0.3 is 9.47 Å². The summed E-state index contributed by atoms with van der Waals surface area (Å²) in [6, 6.07) is 0. The van der Waals surface area contributed by atoms with Crippen molar-refractivity contribution in [3.8, 4) is 0 Å². The number of hydrogen-bond donors (Lipinski definition) is 1. The third-order valence-electron chi connectivity index (χ3n) is 2.93. The largest absolute Gasteiger partial charge is 0.451 e. The van der Waals surface area contributed by atoms with Gasteiger partial charge in [-0.3, -0.25) is 4.79 Å². The van der Waals surface area contributed by atoms with E-state index < -0.39 is 17.9 Å². The van der Waals surface area contributed by atoms with Gasteiger partial charge in [-0.25, -0.2) is 0 Å². The van der Waals surface area contributed by atoms with E-state index in [1.807, 2.05) is 0 Å². The van der Waals surface area contributed by atoms with Crippen LogP contribution in [0.4, 0.5) is 13.2 Å². The number of alkyl halides is 3. The van der Waals surface area contributed by atoms with E-state index in [0.29, 0.717) is 0 Å². The minimum atomic E-state index is -4.55. The summed E-state index contributed by atoms with van der Waals surface area (Å²) in [7, 11) is 0. The predicted molar refractivity (Wildman–Crippen MR) is 56.1 cm³/mol. The van der Waals surface area contributed by atoms with Crippen LogP contribution in [0.2, 0.25) is 0 Å². The Bertz CT molecular complexity index is 633. The molecule has 1 N–H and O–H groups in total. The van der Waals surface area contributed by atoms with Crippen molar-refractivity contribution in [2.75, 3.05) is 6.54 Å². The summed E-state index contributed by atoms with van der Waals surface area (Å²) in [4.78, 5) is 13.3. The molecule has 0 spiro atoms. The molecular weight excluding hydrogens is 279 g/mol. The van der Waals surface area contributed by atoms with E-state index in [-0.39, 0.29) is 31.2 Å². The van der Waals surface area contributed by atoms with Crippen LogP contribution in [-0.2, 0) is 19.3 Å². The molecule has 1 aliphatic rings. The fourth-order valence-electron chi connectivity index (χ4n) is 2.01. The molecule has 0 saturated heterocycles. The van der Waals surface area contributed by atoms with Crippen LogP contribution >= 0.6 is 0 Å². The summed E-state index contributed by atoms with van der Waals surface area (Å²) in [6.07, 6.45) is -3.30. The second-order valence-electron chi connectivity index (χ2n) is 4.17. The number of rotatable bonds is 1. The number of aromatic amines is 1. The van der Waals surface area contributed by atoms with Crippen molar-refractivity contribution in [3.05, 3.63) is 23.5 Å². The molecule has 3 rings (SSSR count). The van der Waals surface area contributed by atoms with Crippen molar-refractivity contribution in [3.63, 3.8) is 0 Å². The van der Waals surface area contributed by atoms with Gasteiger partial charge in [-0.2, -0.15) is 28.6 Å². The Hall–Kier alpha value is -2.46. The second-order valence-corrected chi connectivity index (χ2v) is 4.17. The number of nitrogens with one attached hydrogen (secondary N) is 1. The Kier molecular flexibility index (Phi) is 2.69. The third kappa shape index (κ3) is 2.00. The molecule has 0 aliphatic carbocycles. The normalized spacial score (nSPS) is 15.2. The Labute approximate surface area is 109 Å². The quantitative estimate of drug-likeness (QED) is 0.801. The maximum absolute atomic E-state index is 12.7. The molecule has 0 radical (unpaired) electrons. The van der Waals surface area contributed by atoms with Crippen LogP contribution in [0.25, 0.3) is 0 Å². The Morgan fingerprint density at radius 2 is 2.10 bits per heavy atom. The van der Waals surface area contributed by atoms with Crippen LogP contribution in [-0.4, -0.2) is 47.5 Å². The highest BCUT2D eigenvalue weighted by atomic mass is 19.4. The third-order valence-corrected chi connectivity index (χ3v) is 2.93. The maximum atomic E-state index is 12.7. The summed E-state index contributed by atoms with van der Waals surface area (Å²) >= 11 is 0. The minimum absolute atomic E-state index is 0.0131. The number of amides is 1. The van der Waals surface area contributed by atoms with Crippen molar-refractivity contribution in [1.82, 2.24) is 35.1 Å². The van der Waals surface area contributed by atoms with Crippen LogP contribution < -0.4 is 0 Å². The van der Waals surface area contributed by atoms with Gasteiger partial charge in [0.25, 0.3) is 5.91 Å². The lowest BCUT2D eigenvalue weighted by atomic mass is 10.3. The van der Waals surface area contributed by atoms with E-state index in [0.717, 1.165) is 4.57 Å². The highest BCUT2D eigenvalue weighted by Gasteiger charge is 2.40. The molecule has 1 aliphatic heterocycles. The van der Waals surface area contributed by atoms with Crippen LogP contribution in [0.15, 0.2) is 6.20 Å². The number of carbonyl (C=O) groups is 1. The van der Waals surface area contributed by atoms with Gasteiger partial charge in [-0.15, -0.1) is 10.2 Å². The molecule has 106 valence electrons. The smallest absolute Gasteiger partial charge is 0.328 e.